The number of hydrogen-bond donors (Lipinski definition) is 2. The molecule has 1 aromatic rings. The summed E-state index contributed by atoms with van der Waals surface area (Å²) in [6.45, 7) is 5.58. The molecular weight excluding hydrogens is 362 g/mol. The molecule has 0 unspecified atom stereocenters. The predicted octanol–water partition coefficient (Wildman–Crippen LogP) is 2.66. The van der Waals surface area contributed by atoms with E-state index in [-0.39, 0.29) is 18.4 Å². The lowest BCUT2D eigenvalue weighted by Crippen LogP contribution is -2.38. The minimum absolute atomic E-state index is 0.281. The molecule has 1 heterocycles. The van der Waals surface area contributed by atoms with Crippen molar-refractivity contribution < 1.29 is 14.4 Å². The number of carbonyl (C=O) groups is 3. The number of carbonyl (C=O) groups excluding carboxylic acids is 3. The molecule has 0 bridgehead atoms. The van der Waals surface area contributed by atoms with Gasteiger partial charge in [0.15, 0.2) is 0 Å². The van der Waals surface area contributed by atoms with E-state index in [2.05, 4.69) is 26.6 Å². The van der Waals surface area contributed by atoms with Crippen molar-refractivity contribution in [3.63, 3.8) is 0 Å². The molecule has 0 spiro atoms. The molecular formula is C16H20BrN3O3. The summed E-state index contributed by atoms with van der Waals surface area (Å²) in [5, 5.41) is 5.32. The summed E-state index contributed by atoms with van der Waals surface area (Å²) >= 11 is 3.39. The molecule has 2 N–H and O–H groups in total. The third kappa shape index (κ3) is 4.31. The van der Waals surface area contributed by atoms with Gasteiger partial charge in [-0.05, 0) is 43.0 Å². The van der Waals surface area contributed by atoms with Crippen LogP contribution >= 0.6 is 15.9 Å². The van der Waals surface area contributed by atoms with Gasteiger partial charge in [-0.25, -0.2) is 4.79 Å². The van der Waals surface area contributed by atoms with Gasteiger partial charge in [0.2, 0.25) is 5.91 Å². The van der Waals surface area contributed by atoms with Crippen molar-refractivity contribution in [2.45, 2.75) is 33.2 Å². The molecule has 4 amide bonds. The normalized spacial score (nSPS) is 17.6. The largest absolute Gasteiger partial charge is 0.326 e. The zero-order valence-corrected chi connectivity index (χ0v) is 14.9. The first kappa shape index (κ1) is 17.5. The number of amides is 4. The number of aryl methyl sites for hydroxylation is 1. The van der Waals surface area contributed by atoms with Gasteiger partial charge in [0.1, 0.15) is 12.6 Å². The molecule has 1 aromatic carbocycles. The molecule has 1 aliphatic rings. The van der Waals surface area contributed by atoms with Gasteiger partial charge in [0, 0.05) is 10.2 Å². The number of halogens is 1. The third-order valence-electron chi connectivity index (χ3n) is 3.56. The summed E-state index contributed by atoms with van der Waals surface area (Å²) < 4.78 is 0.945. The highest BCUT2D eigenvalue weighted by atomic mass is 79.9. The van der Waals surface area contributed by atoms with E-state index in [1.807, 2.05) is 32.9 Å². The van der Waals surface area contributed by atoms with Crippen molar-refractivity contribution >= 4 is 39.5 Å². The number of urea groups is 1. The van der Waals surface area contributed by atoms with Crippen LogP contribution in [-0.4, -0.2) is 35.3 Å². The number of nitrogens with one attached hydrogen (secondary N) is 2. The predicted molar refractivity (Wildman–Crippen MR) is 91.0 cm³/mol. The number of imide groups is 1. The van der Waals surface area contributed by atoms with E-state index < -0.39 is 18.0 Å². The van der Waals surface area contributed by atoms with Crippen LogP contribution in [0, 0.1) is 12.8 Å². The van der Waals surface area contributed by atoms with Gasteiger partial charge in [-0.15, -0.1) is 0 Å². The smallest absolute Gasteiger partial charge is 0.325 e. The van der Waals surface area contributed by atoms with Crippen LogP contribution in [0.3, 0.4) is 0 Å². The number of nitrogens with zero attached hydrogens (tertiary/aromatic N) is 1. The van der Waals surface area contributed by atoms with Gasteiger partial charge >= 0.3 is 6.03 Å². The topological polar surface area (TPSA) is 78.5 Å². The van der Waals surface area contributed by atoms with E-state index in [0.717, 1.165) is 14.9 Å². The monoisotopic (exact) mass is 381 g/mol. The van der Waals surface area contributed by atoms with Gasteiger partial charge in [0.25, 0.3) is 5.91 Å². The van der Waals surface area contributed by atoms with Crippen molar-refractivity contribution in [3.8, 4) is 0 Å². The first-order chi connectivity index (χ1) is 10.8. The molecule has 6 nitrogen and oxygen atoms in total. The van der Waals surface area contributed by atoms with Crippen LogP contribution in [0.2, 0.25) is 0 Å². The maximum atomic E-state index is 12.2. The number of benzene rings is 1. The molecule has 0 aromatic heterocycles. The van der Waals surface area contributed by atoms with Gasteiger partial charge in [0.05, 0.1) is 0 Å². The average molecular weight is 382 g/mol. The molecule has 1 atom stereocenters. The molecule has 2 rings (SSSR count). The Kier molecular flexibility index (Phi) is 5.41. The van der Waals surface area contributed by atoms with Gasteiger partial charge in [-0.1, -0.05) is 29.8 Å². The third-order valence-corrected chi connectivity index (χ3v) is 4.45. The molecule has 124 valence electrons. The maximum absolute atomic E-state index is 12.2. The first-order valence-corrected chi connectivity index (χ1v) is 8.25. The Morgan fingerprint density at radius 2 is 2.09 bits per heavy atom. The fraction of sp³-hybridized carbons (Fsp3) is 0.438. The summed E-state index contributed by atoms with van der Waals surface area (Å²) in [7, 11) is 0. The molecule has 0 aliphatic carbocycles. The van der Waals surface area contributed by atoms with Crippen molar-refractivity contribution in [1.29, 1.82) is 0 Å². The summed E-state index contributed by atoms with van der Waals surface area (Å²) in [5.41, 5.74) is 1.61. The van der Waals surface area contributed by atoms with Crippen LogP contribution in [0.25, 0.3) is 0 Å². The number of hydrogen-bond acceptors (Lipinski definition) is 3. The molecule has 0 saturated carbocycles. The van der Waals surface area contributed by atoms with Crippen LogP contribution < -0.4 is 10.6 Å². The Balaban J connectivity index is 1.98. The lowest BCUT2D eigenvalue weighted by atomic mass is 10.0. The van der Waals surface area contributed by atoms with Crippen LogP contribution in [0.1, 0.15) is 25.8 Å². The van der Waals surface area contributed by atoms with Gasteiger partial charge in [-0.3, -0.25) is 14.5 Å². The number of rotatable bonds is 5. The standard InChI is InChI=1S/C16H20BrN3O3/c1-9(2)6-13-15(22)20(16(23)19-13)8-14(21)18-11-4-5-12(17)10(3)7-11/h4-5,7,9,13H,6,8H2,1-3H3,(H,18,21)(H,19,23)/t13-/m1/s1. The SMILES string of the molecule is Cc1cc(NC(=O)CN2C(=O)N[C@H](CC(C)C)C2=O)ccc1Br. The minimum Gasteiger partial charge on any atom is -0.326 e. The second-order valence-corrected chi connectivity index (χ2v) is 6.92. The summed E-state index contributed by atoms with van der Waals surface area (Å²) in [5.74, 6) is -0.463. The summed E-state index contributed by atoms with van der Waals surface area (Å²) in [6.07, 6.45) is 0.564. The fourth-order valence-corrected chi connectivity index (χ4v) is 2.67. The maximum Gasteiger partial charge on any atom is 0.325 e. The zero-order chi connectivity index (χ0) is 17.1. The highest BCUT2D eigenvalue weighted by Crippen LogP contribution is 2.20. The summed E-state index contributed by atoms with van der Waals surface area (Å²) in [6, 6.07) is 4.35. The molecule has 1 fully saturated rings. The van der Waals surface area contributed by atoms with Gasteiger partial charge < -0.3 is 10.6 Å². The van der Waals surface area contributed by atoms with E-state index in [1.54, 1.807) is 6.07 Å². The average Bonchev–Trinajstić information content (AvgIpc) is 2.70. The van der Waals surface area contributed by atoms with Crippen LogP contribution in [0.4, 0.5) is 10.5 Å². The quantitative estimate of drug-likeness (QED) is 0.769. The lowest BCUT2D eigenvalue weighted by molar-refractivity contribution is -0.131. The van der Waals surface area contributed by atoms with Crippen LogP contribution in [-0.2, 0) is 9.59 Å². The van der Waals surface area contributed by atoms with E-state index in [0.29, 0.717) is 12.1 Å². The van der Waals surface area contributed by atoms with E-state index in [9.17, 15) is 14.4 Å². The highest BCUT2D eigenvalue weighted by molar-refractivity contribution is 9.10. The second kappa shape index (κ2) is 7.12. The Labute approximate surface area is 143 Å². The van der Waals surface area contributed by atoms with E-state index >= 15 is 0 Å². The van der Waals surface area contributed by atoms with Crippen molar-refractivity contribution in [2.75, 3.05) is 11.9 Å². The Morgan fingerprint density at radius 1 is 1.39 bits per heavy atom. The summed E-state index contributed by atoms with van der Waals surface area (Å²) in [4.78, 5) is 37.1. The van der Waals surface area contributed by atoms with Crippen LogP contribution in [0.5, 0.6) is 0 Å². The van der Waals surface area contributed by atoms with Crippen molar-refractivity contribution in [1.82, 2.24) is 10.2 Å². The van der Waals surface area contributed by atoms with Crippen molar-refractivity contribution in [2.24, 2.45) is 5.92 Å². The lowest BCUT2D eigenvalue weighted by Gasteiger charge is -2.14. The molecule has 7 heteroatoms. The first-order valence-electron chi connectivity index (χ1n) is 7.45. The Bertz CT molecular complexity index is 645. The molecule has 23 heavy (non-hydrogen) atoms. The van der Waals surface area contributed by atoms with Gasteiger partial charge in [-0.2, -0.15) is 0 Å². The second-order valence-electron chi connectivity index (χ2n) is 6.07. The van der Waals surface area contributed by atoms with Crippen molar-refractivity contribution in [3.05, 3.63) is 28.2 Å². The zero-order valence-electron chi connectivity index (χ0n) is 13.4. The highest BCUT2D eigenvalue weighted by Gasteiger charge is 2.38. The molecule has 1 saturated heterocycles. The minimum atomic E-state index is -0.537. The van der Waals surface area contributed by atoms with Crippen LogP contribution in [0.15, 0.2) is 22.7 Å². The molecule has 1 aliphatic heterocycles. The Hall–Kier alpha value is -1.89. The number of anilines is 1. The van der Waals surface area contributed by atoms with E-state index in [4.69, 9.17) is 0 Å². The van der Waals surface area contributed by atoms with E-state index in [1.165, 1.54) is 0 Å². The molecule has 0 radical (unpaired) electrons. The Morgan fingerprint density at radius 3 is 2.70 bits per heavy atom. The fourth-order valence-electron chi connectivity index (χ4n) is 2.42.